The molecule has 1 aliphatic carbocycles. The molecule has 2 aromatic carbocycles. The molecule has 4 aromatic rings. The van der Waals surface area contributed by atoms with Gasteiger partial charge in [0.25, 0.3) is 0 Å². The molecular formula is C22H20N4O. The second-order valence-corrected chi connectivity index (χ2v) is 6.93. The van der Waals surface area contributed by atoms with E-state index in [0.717, 1.165) is 33.7 Å². The number of ether oxygens (including phenoxy) is 1. The van der Waals surface area contributed by atoms with Gasteiger partial charge in [-0.3, -0.25) is 0 Å². The maximum Gasteiger partial charge on any atom is 0.146 e. The van der Waals surface area contributed by atoms with Gasteiger partial charge in [-0.25, -0.2) is 9.97 Å². The molecule has 0 amide bonds. The SMILES string of the molecule is Nc1ncnc2c1c(-c1ccc(Oc3ccccc3)cc1)cn2C1CCC1. The van der Waals surface area contributed by atoms with E-state index < -0.39 is 0 Å². The molecule has 27 heavy (non-hydrogen) atoms. The topological polar surface area (TPSA) is 66.0 Å². The molecule has 0 saturated heterocycles. The number of nitrogens with two attached hydrogens (primary N) is 1. The van der Waals surface area contributed by atoms with Crippen molar-refractivity contribution in [3.05, 3.63) is 67.1 Å². The van der Waals surface area contributed by atoms with Crippen molar-refractivity contribution in [2.45, 2.75) is 25.3 Å². The summed E-state index contributed by atoms with van der Waals surface area (Å²) in [6, 6.07) is 18.4. The van der Waals surface area contributed by atoms with Crippen LogP contribution < -0.4 is 10.5 Å². The molecule has 134 valence electrons. The average molecular weight is 356 g/mol. The lowest BCUT2D eigenvalue weighted by Gasteiger charge is -2.27. The molecule has 1 aliphatic rings. The Labute approximate surface area is 157 Å². The van der Waals surface area contributed by atoms with Crippen LogP contribution in [-0.2, 0) is 0 Å². The lowest BCUT2D eigenvalue weighted by molar-refractivity contribution is 0.320. The summed E-state index contributed by atoms with van der Waals surface area (Å²) >= 11 is 0. The first-order chi connectivity index (χ1) is 13.3. The zero-order valence-corrected chi connectivity index (χ0v) is 14.9. The number of nitrogen functional groups attached to an aromatic ring is 1. The summed E-state index contributed by atoms with van der Waals surface area (Å²) in [5.74, 6) is 2.15. The van der Waals surface area contributed by atoms with Crippen molar-refractivity contribution in [1.82, 2.24) is 14.5 Å². The summed E-state index contributed by atoms with van der Waals surface area (Å²) in [5, 5.41) is 0.932. The summed E-state index contributed by atoms with van der Waals surface area (Å²) in [7, 11) is 0. The standard InChI is InChI=1S/C22H20N4O/c23-21-20-19(13-26(16-5-4-6-16)22(20)25-14-24-21)15-9-11-18(12-10-15)27-17-7-2-1-3-8-17/h1-3,7-14,16H,4-6H2,(H2,23,24,25). The fourth-order valence-electron chi connectivity index (χ4n) is 3.60. The van der Waals surface area contributed by atoms with Crippen LogP contribution in [0.1, 0.15) is 25.3 Å². The predicted molar refractivity (Wildman–Crippen MR) is 107 cm³/mol. The Morgan fingerprint density at radius 2 is 1.67 bits per heavy atom. The van der Waals surface area contributed by atoms with Crippen LogP contribution in [0.15, 0.2) is 67.1 Å². The summed E-state index contributed by atoms with van der Waals surface area (Å²) in [4.78, 5) is 8.72. The average Bonchev–Trinajstić information content (AvgIpc) is 3.03. The van der Waals surface area contributed by atoms with Gasteiger partial charge in [-0.05, 0) is 49.1 Å². The molecule has 0 spiro atoms. The number of benzene rings is 2. The minimum Gasteiger partial charge on any atom is -0.457 e. The van der Waals surface area contributed by atoms with Crippen LogP contribution in [0.3, 0.4) is 0 Å². The number of hydrogen-bond donors (Lipinski definition) is 1. The van der Waals surface area contributed by atoms with E-state index in [9.17, 15) is 0 Å². The first-order valence-electron chi connectivity index (χ1n) is 9.24. The number of fused-ring (bicyclic) bond motifs is 1. The summed E-state index contributed by atoms with van der Waals surface area (Å²) < 4.78 is 8.16. The molecular weight excluding hydrogens is 336 g/mol. The fraction of sp³-hybridized carbons (Fsp3) is 0.182. The predicted octanol–water partition coefficient (Wildman–Crippen LogP) is 5.20. The van der Waals surface area contributed by atoms with Gasteiger partial charge in [0.2, 0.25) is 0 Å². The molecule has 1 saturated carbocycles. The van der Waals surface area contributed by atoms with Gasteiger partial charge in [-0.1, -0.05) is 30.3 Å². The van der Waals surface area contributed by atoms with E-state index in [1.54, 1.807) is 6.33 Å². The van der Waals surface area contributed by atoms with Crippen molar-refractivity contribution in [3.8, 4) is 22.6 Å². The van der Waals surface area contributed by atoms with E-state index in [1.807, 2.05) is 42.5 Å². The highest BCUT2D eigenvalue weighted by atomic mass is 16.5. The molecule has 1 fully saturated rings. The van der Waals surface area contributed by atoms with Crippen LogP contribution in [0.4, 0.5) is 5.82 Å². The quantitative estimate of drug-likeness (QED) is 0.546. The van der Waals surface area contributed by atoms with Gasteiger partial charge in [0.05, 0.1) is 5.39 Å². The Hall–Kier alpha value is -3.34. The number of hydrogen-bond acceptors (Lipinski definition) is 4. The minimum atomic E-state index is 0.510. The van der Waals surface area contributed by atoms with E-state index in [4.69, 9.17) is 10.5 Å². The Morgan fingerprint density at radius 3 is 2.37 bits per heavy atom. The second kappa shape index (κ2) is 6.43. The van der Waals surface area contributed by atoms with E-state index >= 15 is 0 Å². The largest absolute Gasteiger partial charge is 0.457 e. The Morgan fingerprint density at radius 1 is 0.926 bits per heavy atom. The molecule has 5 rings (SSSR count). The molecule has 2 aromatic heterocycles. The molecule has 0 aliphatic heterocycles. The minimum absolute atomic E-state index is 0.510. The van der Waals surface area contributed by atoms with E-state index in [2.05, 4.69) is 32.9 Å². The van der Waals surface area contributed by atoms with Crippen LogP contribution in [0.5, 0.6) is 11.5 Å². The molecule has 2 N–H and O–H groups in total. The highest BCUT2D eigenvalue weighted by molar-refractivity contribution is 6.00. The van der Waals surface area contributed by atoms with E-state index in [-0.39, 0.29) is 0 Å². The molecule has 0 bridgehead atoms. The zero-order chi connectivity index (χ0) is 18.2. The molecule has 2 heterocycles. The van der Waals surface area contributed by atoms with Crippen LogP contribution in [0.25, 0.3) is 22.2 Å². The van der Waals surface area contributed by atoms with Gasteiger partial charge in [-0.15, -0.1) is 0 Å². The Balaban J connectivity index is 1.53. The van der Waals surface area contributed by atoms with Crippen LogP contribution in [-0.4, -0.2) is 14.5 Å². The molecule has 5 heteroatoms. The molecule has 0 unspecified atom stereocenters. The third kappa shape index (κ3) is 2.81. The highest BCUT2D eigenvalue weighted by Gasteiger charge is 2.24. The van der Waals surface area contributed by atoms with Crippen molar-refractivity contribution >= 4 is 16.9 Å². The second-order valence-electron chi connectivity index (χ2n) is 6.93. The third-order valence-corrected chi connectivity index (χ3v) is 5.25. The summed E-state index contributed by atoms with van der Waals surface area (Å²) in [6.45, 7) is 0. The first kappa shape index (κ1) is 15.9. The fourth-order valence-corrected chi connectivity index (χ4v) is 3.60. The first-order valence-corrected chi connectivity index (χ1v) is 9.24. The van der Waals surface area contributed by atoms with Crippen molar-refractivity contribution in [3.63, 3.8) is 0 Å². The van der Waals surface area contributed by atoms with Crippen molar-refractivity contribution in [2.24, 2.45) is 0 Å². The molecule has 5 nitrogen and oxygen atoms in total. The van der Waals surface area contributed by atoms with E-state index in [0.29, 0.717) is 11.9 Å². The van der Waals surface area contributed by atoms with Crippen molar-refractivity contribution in [2.75, 3.05) is 5.73 Å². The Kier molecular flexibility index (Phi) is 3.78. The number of para-hydroxylation sites is 1. The van der Waals surface area contributed by atoms with E-state index in [1.165, 1.54) is 19.3 Å². The summed E-state index contributed by atoms with van der Waals surface area (Å²) in [5.41, 5.74) is 9.29. The van der Waals surface area contributed by atoms with Gasteiger partial charge in [0.1, 0.15) is 29.3 Å². The Bertz CT molecular complexity index is 1080. The maximum absolute atomic E-state index is 6.21. The van der Waals surface area contributed by atoms with Crippen LogP contribution in [0, 0.1) is 0 Å². The van der Waals surface area contributed by atoms with Gasteiger partial charge in [0.15, 0.2) is 0 Å². The normalized spacial score (nSPS) is 14.2. The van der Waals surface area contributed by atoms with Gasteiger partial charge in [0, 0.05) is 17.8 Å². The molecule has 0 radical (unpaired) electrons. The number of anilines is 1. The van der Waals surface area contributed by atoms with Gasteiger partial charge < -0.3 is 15.0 Å². The van der Waals surface area contributed by atoms with Crippen LogP contribution in [0.2, 0.25) is 0 Å². The monoisotopic (exact) mass is 356 g/mol. The number of nitrogens with zero attached hydrogens (tertiary/aromatic N) is 3. The third-order valence-electron chi connectivity index (χ3n) is 5.25. The molecule has 0 atom stereocenters. The van der Waals surface area contributed by atoms with Gasteiger partial charge >= 0.3 is 0 Å². The summed E-state index contributed by atoms with van der Waals surface area (Å²) in [6.07, 6.45) is 7.37. The number of rotatable bonds is 4. The lowest BCUT2D eigenvalue weighted by Crippen LogP contribution is -2.16. The van der Waals surface area contributed by atoms with Crippen molar-refractivity contribution in [1.29, 1.82) is 0 Å². The van der Waals surface area contributed by atoms with Crippen LogP contribution >= 0.6 is 0 Å². The van der Waals surface area contributed by atoms with Crippen molar-refractivity contribution < 1.29 is 4.74 Å². The zero-order valence-electron chi connectivity index (χ0n) is 14.9. The highest BCUT2D eigenvalue weighted by Crippen LogP contribution is 2.40. The maximum atomic E-state index is 6.21. The lowest BCUT2D eigenvalue weighted by atomic mass is 9.93. The smallest absolute Gasteiger partial charge is 0.146 e. The van der Waals surface area contributed by atoms with Gasteiger partial charge in [-0.2, -0.15) is 0 Å². The number of aromatic nitrogens is 3.